The number of nitrogens with one attached hydrogen (secondary N) is 1. The Labute approximate surface area is 127 Å². The third-order valence-electron chi connectivity index (χ3n) is 3.70. The smallest absolute Gasteiger partial charge is 0.126 e. The number of aromatic nitrogens is 1. The van der Waals surface area contributed by atoms with Crippen molar-refractivity contribution in [3.05, 3.63) is 54.2 Å². The van der Waals surface area contributed by atoms with E-state index in [2.05, 4.69) is 59.4 Å². The summed E-state index contributed by atoms with van der Waals surface area (Å²) in [6.45, 7) is 7.25. The maximum Gasteiger partial charge on any atom is 0.126 e. The Hall–Kier alpha value is -2.07. The van der Waals surface area contributed by atoms with E-state index in [-0.39, 0.29) is 0 Å². The van der Waals surface area contributed by atoms with Crippen molar-refractivity contribution < 1.29 is 0 Å². The summed E-state index contributed by atoms with van der Waals surface area (Å²) in [5, 5.41) is 3.41. The van der Waals surface area contributed by atoms with Crippen LogP contribution < -0.4 is 11.1 Å². The van der Waals surface area contributed by atoms with Gasteiger partial charge in [-0.1, -0.05) is 44.2 Å². The number of nitrogens with zero attached hydrogens (tertiary/aromatic N) is 2. The summed E-state index contributed by atoms with van der Waals surface area (Å²) in [7, 11) is 0. The molecular weight excluding hydrogens is 260 g/mol. The predicted octanol–water partition coefficient (Wildman–Crippen LogP) is 3.16. The number of pyridine rings is 1. The quantitative estimate of drug-likeness (QED) is 0.820. The Morgan fingerprint density at radius 1 is 1.10 bits per heavy atom. The number of hydrogen-bond donors (Lipinski definition) is 2. The minimum Gasteiger partial charge on any atom is -0.397 e. The summed E-state index contributed by atoms with van der Waals surface area (Å²) < 4.78 is 0. The first-order valence-electron chi connectivity index (χ1n) is 7.49. The van der Waals surface area contributed by atoms with E-state index in [1.807, 2.05) is 12.1 Å². The zero-order valence-electron chi connectivity index (χ0n) is 12.8. The second kappa shape index (κ2) is 7.64. The fraction of sp³-hybridized carbons (Fsp3) is 0.353. The lowest BCUT2D eigenvalue weighted by molar-refractivity contribution is 0.228. The summed E-state index contributed by atoms with van der Waals surface area (Å²) in [5.41, 5.74) is 7.67. The van der Waals surface area contributed by atoms with E-state index in [1.165, 1.54) is 5.56 Å². The van der Waals surface area contributed by atoms with E-state index in [0.29, 0.717) is 11.7 Å². The van der Waals surface area contributed by atoms with Gasteiger partial charge in [0.05, 0.1) is 17.9 Å². The number of hydrogen-bond acceptors (Lipinski definition) is 4. The first-order chi connectivity index (χ1) is 10.2. The highest BCUT2D eigenvalue weighted by Gasteiger charge is 2.17. The second-order valence-corrected chi connectivity index (χ2v) is 5.01. The lowest BCUT2D eigenvalue weighted by atomic mass is 10.1. The fourth-order valence-electron chi connectivity index (χ4n) is 2.51. The molecule has 0 aliphatic heterocycles. The number of nitrogens with two attached hydrogens (primary N) is 1. The van der Waals surface area contributed by atoms with Crippen LogP contribution in [-0.2, 0) is 0 Å². The predicted molar refractivity (Wildman–Crippen MR) is 89.2 cm³/mol. The van der Waals surface area contributed by atoms with Crippen LogP contribution in [0.4, 0.5) is 11.5 Å². The van der Waals surface area contributed by atoms with Crippen molar-refractivity contribution in [1.29, 1.82) is 0 Å². The third kappa shape index (κ3) is 4.20. The van der Waals surface area contributed by atoms with Crippen LogP contribution in [0.1, 0.15) is 25.5 Å². The van der Waals surface area contributed by atoms with Gasteiger partial charge in [0.1, 0.15) is 5.82 Å². The molecule has 0 radical (unpaired) electrons. The Kier molecular flexibility index (Phi) is 5.58. The molecule has 0 aliphatic carbocycles. The van der Waals surface area contributed by atoms with Crippen molar-refractivity contribution in [3.63, 3.8) is 0 Å². The zero-order valence-corrected chi connectivity index (χ0v) is 12.8. The molecule has 2 rings (SSSR count). The minimum absolute atomic E-state index is 0.334. The molecule has 0 saturated carbocycles. The average molecular weight is 284 g/mol. The molecule has 0 amide bonds. The number of nitrogen functional groups attached to an aromatic ring is 1. The number of rotatable bonds is 7. The summed E-state index contributed by atoms with van der Waals surface area (Å²) in [5.74, 6) is 0.859. The Bertz CT molecular complexity index is 520. The molecule has 4 heteroatoms. The first-order valence-corrected chi connectivity index (χ1v) is 7.49. The lowest BCUT2D eigenvalue weighted by Crippen LogP contribution is -2.33. The number of anilines is 2. The highest BCUT2D eigenvalue weighted by molar-refractivity contribution is 5.44. The normalized spacial score (nSPS) is 12.3. The van der Waals surface area contributed by atoms with Gasteiger partial charge in [-0.05, 0) is 30.8 Å². The van der Waals surface area contributed by atoms with Crippen molar-refractivity contribution in [1.82, 2.24) is 9.88 Å². The van der Waals surface area contributed by atoms with Gasteiger partial charge in [0, 0.05) is 6.54 Å². The van der Waals surface area contributed by atoms with Gasteiger partial charge in [0.2, 0.25) is 0 Å². The van der Waals surface area contributed by atoms with Gasteiger partial charge < -0.3 is 11.1 Å². The van der Waals surface area contributed by atoms with Crippen molar-refractivity contribution in [3.8, 4) is 0 Å². The standard InChI is InChI=1S/C17H24N4/c1-3-21(4-2)16(14-8-6-5-7-9-14)13-20-17-11-10-15(18)12-19-17/h5-12,16H,3-4,13,18H2,1-2H3,(H,19,20). The molecule has 3 N–H and O–H groups in total. The van der Waals surface area contributed by atoms with Crippen LogP contribution in [0.5, 0.6) is 0 Å². The van der Waals surface area contributed by atoms with Crippen LogP contribution in [0.25, 0.3) is 0 Å². The molecule has 0 fully saturated rings. The molecule has 4 nitrogen and oxygen atoms in total. The Morgan fingerprint density at radius 2 is 1.81 bits per heavy atom. The molecule has 0 spiro atoms. The van der Waals surface area contributed by atoms with Gasteiger partial charge >= 0.3 is 0 Å². The topological polar surface area (TPSA) is 54.2 Å². The second-order valence-electron chi connectivity index (χ2n) is 5.01. The molecule has 21 heavy (non-hydrogen) atoms. The Morgan fingerprint density at radius 3 is 2.38 bits per heavy atom. The van der Waals surface area contributed by atoms with Crippen LogP contribution in [0.3, 0.4) is 0 Å². The van der Waals surface area contributed by atoms with Gasteiger partial charge in [0.15, 0.2) is 0 Å². The maximum atomic E-state index is 5.67. The molecule has 1 aromatic heterocycles. The Balaban J connectivity index is 2.10. The molecule has 1 unspecified atom stereocenters. The zero-order chi connectivity index (χ0) is 15.1. The number of benzene rings is 1. The summed E-state index contributed by atoms with van der Waals surface area (Å²) in [6.07, 6.45) is 1.68. The van der Waals surface area contributed by atoms with E-state index in [4.69, 9.17) is 5.73 Å². The molecule has 0 aliphatic rings. The lowest BCUT2D eigenvalue weighted by Gasteiger charge is -2.30. The van der Waals surface area contributed by atoms with E-state index in [1.54, 1.807) is 6.20 Å². The van der Waals surface area contributed by atoms with Crippen LogP contribution in [0, 0.1) is 0 Å². The minimum atomic E-state index is 0.334. The highest BCUT2D eigenvalue weighted by Crippen LogP contribution is 2.21. The molecule has 0 saturated heterocycles. The molecule has 1 atom stereocenters. The SMILES string of the molecule is CCN(CC)C(CNc1ccc(N)cn1)c1ccccc1. The largest absolute Gasteiger partial charge is 0.397 e. The van der Waals surface area contributed by atoms with Crippen LogP contribution in [-0.4, -0.2) is 29.5 Å². The van der Waals surface area contributed by atoms with Crippen LogP contribution in [0.2, 0.25) is 0 Å². The summed E-state index contributed by atoms with van der Waals surface area (Å²) in [6, 6.07) is 14.7. The van der Waals surface area contributed by atoms with E-state index in [0.717, 1.165) is 25.5 Å². The van der Waals surface area contributed by atoms with E-state index < -0.39 is 0 Å². The molecule has 1 heterocycles. The van der Waals surface area contributed by atoms with Crippen molar-refractivity contribution >= 4 is 11.5 Å². The van der Waals surface area contributed by atoms with Gasteiger partial charge in [0.25, 0.3) is 0 Å². The molecule has 112 valence electrons. The molecular formula is C17H24N4. The van der Waals surface area contributed by atoms with Crippen molar-refractivity contribution in [2.24, 2.45) is 0 Å². The van der Waals surface area contributed by atoms with E-state index in [9.17, 15) is 0 Å². The number of likely N-dealkylation sites (N-methyl/N-ethyl adjacent to an activating group) is 1. The fourth-order valence-corrected chi connectivity index (χ4v) is 2.51. The molecule has 2 aromatic rings. The summed E-state index contributed by atoms with van der Waals surface area (Å²) >= 11 is 0. The van der Waals surface area contributed by atoms with Gasteiger partial charge in [-0.3, -0.25) is 4.90 Å². The van der Waals surface area contributed by atoms with Crippen molar-refractivity contribution in [2.45, 2.75) is 19.9 Å². The van der Waals surface area contributed by atoms with Gasteiger partial charge in [-0.15, -0.1) is 0 Å². The van der Waals surface area contributed by atoms with Gasteiger partial charge in [-0.25, -0.2) is 4.98 Å². The molecule has 0 bridgehead atoms. The van der Waals surface area contributed by atoms with E-state index >= 15 is 0 Å². The summed E-state index contributed by atoms with van der Waals surface area (Å²) in [4.78, 5) is 6.74. The monoisotopic (exact) mass is 284 g/mol. The van der Waals surface area contributed by atoms with Crippen LogP contribution >= 0.6 is 0 Å². The van der Waals surface area contributed by atoms with Crippen molar-refractivity contribution in [2.75, 3.05) is 30.7 Å². The maximum absolute atomic E-state index is 5.67. The average Bonchev–Trinajstić information content (AvgIpc) is 2.54. The third-order valence-corrected chi connectivity index (χ3v) is 3.70. The first kappa shape index (κ1) is 15.3. The van der Waals surface area contributed by atoms with Crippen LogP contribution in [0.15, 0.2) is 48.7 Å². The van der Waals surface area contributed by atoms with Gasteiger partial charge in [-0.2, -0.15) is 0 Å². The molecule has 1 aromatic carbocycles. The highest BCUT2D eigenvalue weighted by atomic mass is 15.2.